The molecule has 1 aliphatic rings. The van der Waals surface area contributed by atoms with Crippen molar-refractivity contribution < 1.29 is 26.4 Å². The zero-order valence-corrected chi connectivity index (χ0v) is 27.1. The number of aromatic nitrogens is 2. The summed E-state index contributed by atoms with van der Waals surface area (Å²) in [5, 5.41) is 2.34. The predicted molar refractivity (Wildman–Crippen MR) is 167 cm³/mol. The van der Waals surface area contributed by atoms with Gasteiger partial charge in [-0.3, -0.25) is 9.99 Å². The number of hydrazine groups is 1. The third-order valence-corrected chi connectivity index (χ3v) is 10.4. The fourth-order valence-corrected chi connectivity index (χ4v) is 7.37. The Hall–Kier alpha value is -3.52. The van der Waals surface area contributed by atoms with Gasteiger partial charge in [-0.1, -0.05) is 49.3 Å². The summed E-state index contributed by atoms with van der Waals surface area (Å²) in [7, 11) is -4.18. The highest BCUT2D eigenvalue weighted by Gasteiger charge is 2.31. The van der Waals surface area contributed by atoms with Crippen LogP contribution in [0.5, 0.6) is 0 Å². The molecule has 45 heavy (non-hydrogen) atoms. The number of nitrogens with one attached hydrogen (secondary N) is 2. The van der Waals surface area contributed by atoms with Crippen molar-refractivity contribution in [3.63, 3.8) is 0 Å². The van der Waals surface area contributed by atoms with E-state index in [2.05, 4.69) is 10.4 Å². The van der Waals surface area contributed by atoms with Crippen LogP contribution in [-0.2, 0) is 21.2 Å². The molecule has 2 heterocycles. The summed E-state index contributed by atoms with van der Waals surface area (Å²) in [6.07, 6.45) is 3.47. The van der Waals surface area contributed by atoms with Gasteiger partial charge in [0.05, 0.1) is 16.8 Å². The SMILES string of the molecule is Cc1cc(-n2c(C(C)(C)c3ccc(F)c(F)c3)cnc2SCc2ccc(S(=O)(=O)NC(=O)NN3CCCC3)cc2Cl)ccc1F. The van der Waals surface area contributed by atoms with Crippen LogP contribution in [0.3, 0.4) is 0 Å². The highest BCUT2D eigenvalue weighted by Crippen LogP contribution is 2.38. The lowest BCUT2D eigenvalue weighted by atomic mass is 9.81. The molecule has 4 aromatic rings. The lowest BCUT2D eigenvalue weighted by Crippen LogP contribution is -2.47. The zero-order valence-electron chi connectivity index (χ0n) is 24.7. The van der Waals surface area contributed by atoms with E-state index in [0.29, 0.717) is 46.3 Å². The van der Waals surface area contributed by atoms with E-state index in [0.717, 1.165) is 25.0 Å². The van der Waals surface area contributed by atoms with Crippen LogP contribution in [0.25, 0.3) is 5.69 Å². The molecule has 5 rings (SSSR count). The van der Waals surface area contributed by atoms with Crippen LogP contribution in [-0.4, -0.2) is 42.1 Å². The van der Waals surface area contributed by atoms with E-state index in [1.54, 1.807) is 36.3 Å². The number of rotatable bonds is 9. The van der Waals surface area contributed by atoms with Gasteiger partial charge >= 0.3 is 6.03 Å². The Labute approximate surface area is 269 Å². The molecule has 2 amide bonds. The van der Waals surface area contributed by atoms with Crippen LogP contribution in [0.15, 0.2) is 70.8 Å². The molecule has 0 radical (unpaired) electrons. The minimum Gasteiger partial charge on any atom is -0.291 e. The number of thioether (sulfide) groups is 1. The van der Waals surface area contributed by atoms with E-state index in [1.807, 2.05) is 23.1 Å². The number of amides is 2. The normalized spacial score (nSPS) is 14.1. The molecule has 1 aliphatic heterocycles. The number of nitrogens with zero attached hydrogens (tertiary/aromatic N) is 3. The van der Waals surface area contributed by atoms with Crippen molar-refractivity contribution >= 4 is 39.4 Å². The van der Waals surface area contributed by atoms with Crippen LogP contribution in [0.4, 0.5) is 18.0 Å². The minimum atomic E-state index is -4.18. The van der Waals surface area contributed by atoms with E-state index >= 15 is 0 Å². The summed E-state index contributed by atoms with van der Waals surface area (Å²) in [4.78, 5) is 16.7. The maximum Gasteiger partial charge on any atom is 0.343 e. The summed E-state index contributed by atoms with van der Waals surface area (Å²) in [5.74, 6) is -2.02. The molecule has 0 spiro atoms. The van der Waals surface area contributed by atoms with Crippen molar-refractivity contribution in [2.24, 2.45) is 0 Å². The summed E-state index contributed by atoms with van der Waals surface area (Å²) in [6.45, 7) is 6.65. The first kappa shape index (κ1) is 32.9. The standard InChI is InChI=1S/C31H31ClF3N5O3S2/c1-19-14-22(8-11-25(19)33)40-28(31(2,3)21-7-10-26(34)27(35)15-21)17-36-30(40)44-18-20-6-9-23(16-24(20)32)45(42,43)38-29(41)37-39-12-4-5-13-39/h6-11,14-17H,4-5,12-13,18H2,1-3H3,(H2,37,38,41). The lowest BCUT2D eigenvalue weighted by Gasteiger charge is -2.27. The minimum absolute atomic E-state index is 0.170. The van der Waals surface area contributed by atoms with Crippen molar-refractivity contribution in [1.82, 2.24) is 24.7 Å². The van der Waals surface area contributed by atoms with Crippen molar-refractivity contribution in [1.29, 1.82) is 0 Å². The Morgan fingerprint density at radius 1 is 1.00 bits per heavy atom. The van der Waals surface area contributed by atoms with Crippen molar-refractivity contribution in [3.05, 3.63) is 106 Å². The molecular weight excluding hydrogens is 647 g/mol. The number of hydrogen-bond donors (Lipinski definition) is 2. The van der Waals surface area contributed by atoms with Crippen LogP contribution in [0, 0.1) is 24.4 Å². The highest BCUT2D eigenvalue weighted by atomic mass is 35.5. The Morgan fingerprint density at radius 3 is 2.38 bits per heavy atom. The zero-order chi connectivity index (χ0) is 32.5. The van der Waals surface area contributed by atoms with E-state index in [9.17, 15) is 26.4 Å². The van der Waals surface area contributed by atoms with Gasteiger partial charge in [0.15, 0.2) is 16.8 Å². The van der Waals surface area contributed by atoms with Gasteiger partial charge in [-0.2, -0.15) is 0 Å². The second kappa shape index (κ2) is 13.1. The van der Waals surface area contributed by atoms with Crippen molar-refractivity contribution in [2.45, 2.75) is 54.8 Å². The molecular formula is C31H31ClF3N5O3S2. The number of sulfonamides is 1. The number of aryl methyl sites for hydroxylation is 1. The molecule has 8 nitrogen and oxygen atoms in total. The summed E-state index contributed by atoms with van der Waals surface area (Å²) < 4.78 is 71.7. The second-order valence-electron chi connectivity index (χ2n) is 11.2. The smallest absolute Gasteiger partial charge is 0.291 e. The van der Waals surface area contributed by atoms with E-state index in [4.69, 9.17) is 11.6 Å². The molecule has 0 bridgehead atoms. The number of halogens is 4. The molecule has 2 N–H and O–H groups in total. The maximum absolute atomic E-state index is 14.2. The van der Waals surface area contributed by atoms with Gasteiger partial charge in [0.1, 0.15) is 5.82 Å². The largest absolute Gasteiger partial charge is 0.343 e. The summed E-state index contributed by atoms with van der Waals surface area (Å²) >= 11 is 7.81. The molecule has 3 aromatic carbocycles. The Bertz CT molecular complexity index is 1860. The van der Waals surface area contributed by atoms with Gasteiger partial charge in [-0.25, -0.2) is 41.1 Å². The van der Waals surface area contributed by atoms with E-state index in [1.165, 1.54) is 36.0 Å². The van der Waals surface area contributed by atoms with E-state index < -0.39 is 33.1 Å². The van der Waals surface area contributed by atoms with Crippen molar-refractivity contribution in [2.75, 3.05) is 13.1 Å². The number of urea groups is 1. The molecule has 14 heteroatoms. The van der Waals surface area contributed by atoms with E-state index in [-0.39, 0.29) is 21.5 Å². The predicted octanol–water partition coefficient (Wildman–Crippen LogP) is 6.87. The first-order valence-electron chi connectivity index (χ1n) is 14.1. The van der Waals surface area contributed by atoms with Crippen molar-refractivity contribution in [3.8, 4) is 5.69 Å². The van der Waals surface area contributed by atoms with Gasteiger partial charge in [-0.05, 0) is 78.9 Å². The Morgan fingerprint density at radius 2 is 1.71 bits per heavy atom. The van der Waals surface area contributed by atoms with Crippen LogP contribution >= 0.6 is 23.4 Å². The second-order valence-corrected chi connectivity index (χ2v) is 14.3. The molecule has 0 saturated carbocycles. The summed E-state index contributed by atoms with van der Waals surface area (Å²) in [6, 6.07) is 11.7. The number of carbonyl (C=O) groups is 1. The highest BCUT2D eigenvalue weighted by molar-refractivity contribution is 7.98. The number of benzene rings is 3. The molecule has 1 saturated heterocycles. The van der Waals surface area contributed by atoms with Gasteiger partial charge in [0.2, 0.25) is 0 Å². The number of carbonyl (C=O) groups excluding carboxylic acids is 1. The monoisotopic (exact) mass is 677 g/mol. The van der Waals surface area contributed by atoms with Crippen LogP contribution in [0.2, 0.25) is 5.02 Å². The summed E-state index contributed by atoms with van der Waals surface area (Å²) in [5.41, 5.74) is 4.48. The first-order valence-corrected chi connectivity index (χ1v) is 16.9. The Balaban J connectivity index is 1.41. The Kier molecular flexibility index (Phi) is 9.54. The third kappa shape index (κ3) is 7.16. The molecule has 0 aliphatic carbocycles. The maximum atomic E-state index is 14.2. The van der Waals surface area contributed by atoms with Crippen LogP contribution in [0.1, 0.15) is 49.1 Å². The molecule has 0 atom stereocenters. The molecule has 1 fully saturated rings. The number of hydrogen-bond acceptors (Lipinski definition) is 6. The molecule has 0 unspecified atom stereocenters. The molecule has 1 aromatic heterocycles. The average Bonchev–Trinajstić information content (AvgIpc) is 3.65. The fraction of sp³-hybridized carbons (Fsp3) is 0.290. The van der Waals surface area contributed by atoms with Crippen LogP contribution < -0.4 is 10.1 Å². The fourth-order valence-electron chi connectivity index (χ4n) is 5.06. The quantitative estimate of drug-likeness (QED) is 0.188. The molecule has 238 valence electrons. The van der Waals surface area contributed by atoms with Gasteiger partial charge in [0, 0.05) is 35.0 Å². The van der Waals surface area contributed by atoms with Gasteiger partial charge in [0.25, 0.3) is 10.0 Å². The topological polar surface area (TPSA) is 96.3 Å². The average molecular weight is 678 g/mol. The number of imidazole rings is 1. The first-order chi connectivity index (χ1) is 21.3. The lowest BCUT2D eigenvalue weighted by molar-refractivity contribution is 0.202. The van der Waals surface area contributed by atoms with Gasteiger partial charge < -0.3 is 0 Å². The third-order valence-electron chi connectivity index (χ3n) is 7.70. The van der Waals surface area contributed by atoms with Gasteiger partial charge in [-0.15, -0.1) is 0 Å².